The van der Waals surface area contributed by atoms with Crippen molar-refractivity contribution < 1.29 is 9.47 Å². The Hall–Kier alpha value is -3.94. The van der Waals surface area contributed by atoms with Crippen LogP contribution in [0.2, 0.25) is 0 Å². The minimum Gasteiger partial charge on any atom is -0.454 e. The average Bonchev–Trinajstić information content (AvgIpc) is 3.35. The summed E-state index contributed by atoms with van der Waals surface area (Å²) in [5.41, 5.74) is 5.43. The minimum atomic E-state index is 0.251. The van der Waals surface area contributed by atoms with Gasteiger partial charge in [-0.15, -0.1) is 15.3 Å². The van der Waals surface area contributed by atoms with Crippen LogP contribution in [0.3, 0.4) is 0 Å². The molecule has 27 heavy (non-hydrogen) atoms. The first-order valence-electron chi connectivity index (χ1n) is 8.33. The first kappa shape index (κ1) is 15.3. The number of ether oxygens (including phenoxy) is 2. The van der Waals surface area contributed by atoms with Crippen LogP contribution in [0.15, 0.2) is 65.8 Å². The summed E-state index contributed by atoms with van der Waals surface area (Å²) in [4.78, 5) is 0. The van der Waals surface area contributed by atoms with Crippen molar-refractivity contribution in [3.8, 4) is 22.9 Å². The Morgan fingerprint density at radius 2 is 1.85 bits per heavy atom. The lowest BCUT2D eigenvalue weighted by Crippen LogP contribution is -2.00. The summed E-state index contributed by atoms with van der Waals surface area (Å²) in [6.07, 6.45) is 1.69. The van der Waals surface area contributed by atoms with Crippen LogP contribution in [-0.2, 0) is 0 Å². The van der Waals surface area contributed by atoms with Gasteiger partial charge in [-0.2, -0.15) is 9.62 Å². The topological polar surface area (TPSA) is 85.9 Å². The Labute approximate surface area is 154 Å². The normalized spacial score (nSPS) is 12.7. The van der Waals surface area contributed by atoms with E-state index in [9.17, 15) is 0 Å². The highest BCUT2D eigenvalue weighted by atomic mass is 16.7. The fourth-order valence-corrected chi connectivity index (χ4v) is 2.78. The molecule has 0 saturated heterocycles. The van der Waals surface area contributed by atoms with Gasteiger partial charge in [0.05, 0.1) is 6.21 Å². The predicted molar refractivity (Wildman–Crippen MR) is 100.0 cm³/mol. The zero-order chi connectivity index (χ0) is 18.1. The van der Waals surface area contributed by atoms with E-state index in [4.69, 9.17) is 9.47 Å². The minimum absolute atomic E-state index is 0.251. The Morgan fingerprint density at radius 3 is 2.78 bits per heavy atom. The summed E-state index contributed by atoms with van der Waals surface area (Å²) in [7, 11) is 0. The zero-order valence-electron chi connectivity index (χ0n) is 14.1. The molecule has 0 atom stereocenters. The van der Waals surface area contributed by atoms with Gasteiger partial charge in [0, 0.05) is 5.56 Å². The molecule has 4 aromatic rings. The number of rotatable bonds is 4. The quantitative estimate of drug-likeness (QED) is 0.446. The second-order valence-corrected chi connectivity index (χ2v) is 5.86. The number of nitrogens with zero attached hydrogens (tertiary/aromatic N) is 5. The number of fused-ring (bicyclic) bond motifs is 2. The second-order valence-electron chi connectivity index (χ2n) is 5.86. The van der Waals surface area contributed by atoms with Crippen molar-refractivity contribution in [3.63, 3.8) is 0 Å². The fraction of sp³-hybridized carbons (Fsp3) is 0.0526. The SMILES string of the molecule is C(=N\Nc1ccc2nnc(-c3ccccc3)n2n1)/c1ccc2c(c1)OCO2. The third-order valence-electron chi connectivity index (χ3n) is 4.08. The Kier molecular flexibility index (Phi) is 3.64. The van der Waals surface area contributed by atoms with Gasteiger partial charge in [0.1, 0.15) is 0 Å². The fourth-order valence-electron chi connectivity index (χ4n) is 2.78. The maximum atomic E-state index is 5.36. The summed E-state index contributed by atoms with van der Waals surface area (Å²) in [5.74, 6) is 2.72. The number of aromatic nitrogens is 4. The van der Waals surface area contributed by atoms with Crippen LogP contribution >= 0.6 is 0 Å². The lowest BCUT2D eigenvalue weighted by molar-refractivity contribution is 0.174. The molecule has 0 radical (unpaired) electrons. The van der Waals surface area contributed by atoms with Crippen molar-refractivity contribution >= 4 is 17.7 Å². The number of anilines is 1. The Morgan fingerprint density at radius 1 is 0.963 bits per heavy atom. The summed E-state index contributed by atoms with van der Waals surface area (Å²) >= 11 is 0. The average molecular weight is 358 g/mol. The molecule has 0 aliphatic carbocycles. The van der Waals surface area contributed by atoms with Crippen LogP contribution < -0.4 is 14.9 Å². The molecule has 0 spiro atoms. The van der Waals surface area contributed by atoms with E-state index in [1.807, 2.05) is 54.6 Å². The first-order chi connectivity index (χ1) is 13.4. The highest BCUT2D eigenvalue weighted by Gasteiger charge is 2.12. The number of benzene rings is 2. The summed E-state index contributed by atoms with van der Waals surface area (Å²) in [5, 5.41) is 17.1. The van der Waals surface area contributed by atoms with E-state index in [0.29, 0.717) is 17.3 Å². The van der Waals surface area contributed by atoms with Gasteiger partial charge in [-0.3, -0.25) is 5.43 Å². The van der Waals surface area contributed by atoms with Crippen molar-refractivity contribution in [2.45, 2.75) is 0 Å². The molecular formula is C19H14N6O2. The maximum absolute atomic E-state index is 5.36. The van der Waals surface area contributed by atoms with Crippen LogP contribution in [0.25, 0.3) is 17.0 Å². The maximum Gasteiger partial charge on any atom is 0.231 e. The summed E-state index contributed by atoms with van der Waals surface area (Å²) in [6.45, 7) is 0.251. The molecule has 0 saturated carbocycles. The Balaban J connectivity index is 1.39. The molecule has 8 heteroatoms. The number of nitrogens with one attached hydrogen (secondary N) is 1. The van der Waals surface area contributed by atoms with E-state index in [1.54, 1.807) is 16.8 Å². The van der Waals surface area contributed by atoms with Crippen molar-refractivity contribution in [2.75, 3.05) is 12.2 Å². The lowest BCUT2D eigenvalue weighted by Gasteiger charge is -2.02. The van der Waals surface area contributed by atoms with Gasteiger partial charge in [-0.05, 0) is 35.9 Å². The molecular weight excluding hydrogens is 344 g/mol. The van der Waals surface area contributed by atoms with Gasteiger partial charge in [0.25, 0.3) is 0 Å². The molecule has 0 bridgehead atoms. The number of hydrogen-bond donors (Lipinski definition) is 1. The second kappa shape index (κ2) is 6.41. The van der Waals surface area contributed by atoms with E-state index < -0.39 is 0 Å². The molecule has 0 amide bonds. The van der Waals surface area contributed by atoms with E-state index in [-0.39, 0.29) is 6.79 Å². The summed E-state index contributed by atoms with van der Waals surface area (Å²) in [6, 6.07) is 19.1. The molecule has 0 unspecified atom stereocenters. The van der Waals surface area contributed by atoms with Gasteiger partial charge < -0.3 is 9.47 Å². The van der Waals surface area contributed by atoms with Crippen molar-refractivity contribution in [1.29, 1.82) is 0 Å². The molecule has 3 heterocycles. The molecule has 1 N–H and O–H groups in total. The van der Waals surface area contributed by atoms with Crippen LogP contribution in [-0.4, -0.2) is 32.8 Å². The highest BCUT2D eigenvalue weighted by molar-refractivity contribution is 5.81. The molecule has 1 aliphatic rings. The van der Waals surface area contributed by atoms with E-state index in [2.05, 4.69) is 25.8 Å². The van der Waals surface area contributed by atoms with E-state index in [1.165, 1.54) is 0 Å². The first-order valence-corrected chi connectivity index (χ1v) is 8.33. The smallest absolute Gasteiger partial charge is 0.231 e. The lowest BCUT2D eigenvalue weighted by atomic mass is 10.2. The van der Waals surface area contributed by atoms with Gasteiger partial charge >= 0.3 is 0 Å². The van der Waals surface area contributed by atoms with Crippen LogP contribution in [0.1, 0.15) is 5.56 Å². The van der Waals surface area contributed by atoms with Crippen molar-refractivity contribution in [2.24, 2.45) is 5.10 Å². The zero-order valence-corrected chi connectivity index (χ0v) is 14.1. The van der Waals surface area contributed by atoms with Gasteiger partial charge in [0.15, 0.2) is 28.8 Å². The standard InChI is InChI=1S/C19H14N6O2/c1-2-4-14(5-3-1)19-23-22-18-9-8-17(24-25(18)19)21-20-11-13-6-7-15-16(10-13)27-12-26-15/h1-11H,12H2,(H,21,24)/b20-11+. The molecule has 8 nitrogen and oxygen atoms in total. The largest absolute Gasteiger partial charge is 0.454 e. The molecule has 1 aliphatic heterocycles. The molecule has 2 aromatic heterocycles. The van der Waals surface area contributed by atoms with Crippen molar-refractivity contribution in [3.05, 3.63) is 66.2 Å². The monoisotopic (exact) mass is 358 g/mol. The Bertz CT molecular complexity index is 1140. The third-order valence-corrected chi connectivity index (χ3v) is 4.08. The van der Waals surface area contributed by atoms with Crippen LogP contribution in [0, 0.1) is 0 Å². The van der Waals surface area contributed by atoms with Crippen LogP contribution in [0.4, 0.5) is 5.82 Å². The van der Waals surface area contributed by atoms with E-state index in [0.717, 1.165) is 22.6 Å². The van der Waals surface area contributed by atoms with Gasteiger partial charge in [0.2, 0.25) is 6.79 Å². The number of hydrogen-bond acceptors (Lipinski definition) is 7. The van der Waals surface area contributed by atoms with Gasteiger partial charge in [-0.1, -0.05) is 30.3 Å². The molecule has 132 valence electrons. The third kappa shape index (κ3) is 2.93. The predicted octanol–water partition coefficient (Wildman–Crippen LogP) is 2.97. The van der Waals surface area contributed by atoms with Crippen LogP contribution in [0.5, 0.6) is 11.5 Å². The van der Waals surface area contributed by atoms with Gasteiger partial charge in [-0.25, -0.2) is 0 Å². The number of hydrazone groups is 1. The molecule has 0 fully saturated rings. The molecule has 5 rings (SSSR count). The molecule has 2 aromatic carbocycles. The summed E-state index contributed by atoms with van der Waals surface area (Å²) < 4.78 is 12.4. The highest BCUT2D eigenvalue weighted by Crippen LogP contribution is 2.32. The van der Waals surface area contributed by atoms with E-state index >= 15 is 0 Å². The van der Waals surface area contributed by atoms with Crippen molar-refractivity contribution in [1.82, 2.24) is 19.8 Å².